The molecule has 0 aliphatic carbocycles. The lowest BCUT2D eigenvalue weighted by Crippen LogP contribution is -2.41. The second-order valence-electron chi connectivity index (χ2n) is 6.05. The van der Waals surface area contributed by atoms with Gasteiger partial charge in [-0.2, -0.15) is 0 Å². The van der Waals surface area contributed by atoms with Crippen molar-refractivity contribution in [1.29, 1.82) is 0 Å². The number of ether oxygens (including phenoxy) is 2. The van der Waals surface area contributed by atoms with Crippen LogP contribution < -0.4 is 19.5 Å². The Morgan fingerprint density at radius 1 is 1.05 bits per heavy atom. The molecule has 0 aliphatic rings. The number of methoxy groups -OCH3 is 2. The van der Waals surface area contributed by atoms with Crippen LogP contribution in [0.3, 0.4) is 0 Å². The Hall–Kier alpha value is -1.31. The van der Waals surface area contributed by atoms with Crippen LogP contribution in [0.2, 0.25) is 0 Å². The summed E-state index contributed by atoms with van der Waals surface area (Å²) in [7, 11) is -0.600. The molecular weight excluding hydrogens is 304 g/mol. The first-order valence-corrected chi connectivity index (χ1v) is 8.56. The molecule has 2 N–H and O–H groups in total. The largest absolute Gasteiger partial charge is 0.493 e. The minimum atomic E-state index is -3.59. The average Bonchev–Trinajstić information content (AvgIpc) is 2.42. The molecule has 0 amide bonds. The highest BCUT2D eigenvalue weighted by Gasteiger charge is 2.20. The highest BCUT2D eigenvalue weighted by molar-refractivity contribution is 7.89. The number of rotatable bonds is 7. The molecule has 0 bridgehead atoms. The first kappa shape index (κ1) is 18.7. The van der Waals surface area contributed by atoms with Gasteiger partial charge < -0.3 is 14.8 Å². The molecule has 0 saturated carbocycles. The highest BCUT2D eigenvalue weighted by Crippen LogP contribution is 2.32. The van der Waals surface area contributed by atoms with E-state index in [2.05, 4.69) is 10.0 Å². The Balaban J connectivity index is 2.89. The fourth-order valence-corrected chi connectivity index (χ4v) is 3.22. The second-order valence-corrected chi connectivity index (χ2v) is 7.78. The summed E-state index contributed by atoms with van der Waals surface area (Å²) in [5.74, 6) is 0.898. The number of sulfonamides is 1. The van der Waals surface area contributed by atoms with Crippen molar-refractivity contribution in [2.24, 2.45) is 0 Å². The van der Waals surface area contributed by atoms with Crippen LogP contribution in [-0.2, 0) is 10.0 Å². The van der Waals surface area contributed by atoms with Crippen molar-refractivity contribution in [2.45, 2.75) is 38.1 Å². The molecule has 0 aromatic heterocycles. The van der Waals surface area contributed by atoms with Gasteiger partial charge in [0.15, 0.2) is 11.5 Å². The third kappa shape index (κ3) is 5.15. The van der Waals surface area contributed by atoms with Gasteiger partial charge in [-0.05, 0) is 39.3 Å². The smallest absolute Gasteiger partial charge is 0.241 e. The van der Waals surface area contributed by atoms with Crippen molar-refractivity contribution >= 4 is 10.0 Å². The molecule has 22 heavy (non-hydrogen) atoms. The van der Waals surface area contributed by atoms with Gasteiger partial charge in [0.05, 0.1) is 19.1 Å². The molecule has 126 valence electrons. The molecule has 6 nitrogen and oxygen atoms in total. The number of aryl methyl sites for hydroxylation is 1. The monoisotopic (exact) mass is 330 g/mol. The van der Waals surface area contributed by atoms with Gasteiger partial charge in [0.25, 0.3) is 0 Å². The fraction of sp³-hybridized carbons (Fsp3) is 0.600. The number of hydrogen-bond acceptors (Lipinski definition) is 5. The van der Waals surface area contributed by atoms with Gasteiger partial charge in [0, 0.05) is 24.7 Å². The van der Waals surface area contributed by atoms with Crippen molar-refractivity contribution in [3.8, 4) is 11.5 Å². The SMILES string of the molecule is COc1cc(C)c(S(=O)(=O)NCCNC(C)(C)C)cc1OC. The average molecular weight is 330 g/mol. The van der Waals surface area contributed by atoms with E-state index in [-0.39, 0.29) is 10.4 Å². The van der Waals surface area contributed by atoms with E-state index in [9.17, 15) is 8.42 Å². The second kappa shape index (κ2) is 7.30. The molecule has 0 radical (unpaired) electrons. The van der Waals surface area contributed by atoms with Crippen LogP contribution in [0, 0.1) is 6.92 Å². The van der Waals surface area contributed by atoms with E-state index in [0.717, 1.165) is 0 Å². The van der Waals surface area contributed by atoms with Gasteiger partial charge in [-0.1, -0.05) is 0 Å². The standard InChI is InChI=1S/C15H26N2O4S/c1-11-9-12(20-5)13(21-6)10-14(11)22(18,19)17-8-7-16-15(2,3)4/h9-10,16-17H,7-8H2,1-6H3. The summed E-state index contributed by atoms with van der Waals surface area (Å²) in [5.41, 5.74) is 0.555. The highest BCUT2D eigenvalue weighted by atomic mass is 32.2. The van der Waals surface area contributed by atoms with Crippen molar-refractivity contribution < 1.29 is 17.9 Å². The molecule has 1 aromatic rings. The van der Waals surface area contributed by atoms with Gasteiger partial charge >= 0.3 is 0 Å². The van der Waals surface area contributed by atoms with Crippen LogP contribution >= 0.6 is 0 Å². The first-order valence-electron chi connectivity index (χ1n) is 7.08. The predicted molar refractivity (Wildman–Crippen MR) is 87.2 cm³/mol. The number of nitrogens with one attached hydrogen (secondary N) is 2. The topological polar surface area (TPSA) is 76.7 Å². The Bertz CT molecular complexity index is 607. The number of benzene rings is 1. The maximum atomic E-state index is 12.4. The van der Waals surface area contributed by atoms with E-state index in [4.69, 9.17) is 9.47 Å². The molecule has 0 spiro atoms. The molecule has 0 fully saturated rings. The van der Waals surface area contributed by atoms with Gasteiger partial charge in [-0.3, -0.25) is 0 Å². The van der Waals surface area contributed by atoms with Crippen molar-refractivity contribution in [3.05, 3.63) is 17.7 Å². The normalized spacial score (nSPS) is 12.3. The predicted octanol–water partition coefficient (Wildman–Crippen LogP) is 1.68. The van der Waals surface area contributed by atoms with E-state index in [1.54, 1.807) is 13.0 Å². The maximum Gasteiger partial charge on any atom is 0.241 e. The van der Waals surface area contributed by atoms with Gasteiger partial charge in [0.2, 0.25) is 10.0 Å². The Labute approximate surface area is 133 Å². The fourth-order valence-electron chi connectivity index (χ4n) is 1.95. The lowest BCUT2D eigenvalue weighted by Gasteiger charge is -2.20. The van der Waals surface area contributed by atoms with Crippen LogP contribution in [0.4, 0.5) is 0 Å². The van der Waals surface area contributed by atoms with Crippen molar-refractivity contribution in [1.82, 2.24) is 10.0 Å². The Morgan fingerprint density at radius 2 is 1.59 bits per heavy atom. The zero-order chi connectivity index (χ0) is 17.0. The third-order valence-electron chi connectivity index (χ3n) is 3.04. The van der Waals surface area contributed by atoms with Gasteiger partial charge in [0.1, 0.15) is 0 Å². The molecule has 0 saturated heterocycles. The van der Waals surface area contributed by atoms with Crippen LogP contribution in [0.15, 0.2) is 17.0 Å². The first-order chi connectivity index (χ1) is 10.1. The minimum absolute atomic E-state index is 0.0509. The molecule has 0 atom stereocenters. The van der Waals surface area contributed by atoms with Crippen molar-refractivity contribution in [2.75, 3.05) is 27.3 Å². The summed E-state index contributed by atoms with van der Waals surface area (Å²) >= 11 is 0. The third-order valence-corrected chi connectivity index (χ3v) is 4.65. The van der Waals surface area contributed by atoms with Crippen LogP contribution in [-0.4, -0.2) is 41.3 Å². The number of hydrogen-bond donors (Lipinski definition) is 2. The zero-order valence-corrected chi connectivity index (χ0v) is 14.9. The molecular formula is C15H26N2O4S. The lowest BCUT2D eigenvalue weighted by molar-refractivity contribution is 0.353. The summed E-state index contributed by atoms with van der Waals surface area (Å²) < 4.78 is 37.7. The Morgan fingerprint density at radius 3 is 2.09 bits per heavy atom. The van der Waals surface area contributed by atoms with E-state index >= 15 is 0 Å². The molecule has 0 unspecified atom stereocenters. The Kier molecular flexibility index (Phi) is 6.22. The molecule has 7 heteroatoms. The summed E-state index contributed by atoms with van der Waals surface area (Å²) in [5, 5.41) is 3.23. The maximum absolute atomic E-state index is 12.4. The minimum Gasteiger partial charge on any atom is -0.493 e. The van der Waals surface area contributed by atoms with E-state index in [0.29, 0.717) is 30.2 Å². The summed E-state index contributed by atoms with van der Waals surface area (Å²) in [6.45, 7) is 8.67. The molecule has 0 heterocycles. The van der Waals surface area contributed by atoms with Gasteiger partial charge in [-0.15, -0.1) is 0 Å². The summed E-state index contributed by atoms with van der Waals surface area (Å²) in [6, 6.07) is 3.13. The van der Waals surface area contributed by atoms with Crippen LogP contribution in [0.25, 0.3) is 0 Å². The van der Waals surface area contributed by atoms with Crippen LogP contribution in [0.1, 0.15) is 26.3 Å². The quantitative estimate of drug-likeness (QED) is 0.744. The lowest BCUT2D eigenvalue weighted by atomic mass is 10.1. The molecule has 1 rings (SSSR count). The van der Waals surface area contributed by atoms with E-state index < -0.39 is 10.0 Å². The molecule has 1 aromatic carbocycles. The zero-order valence-electron chi connectivity index (χ0n) is 14.1. The summed E-state index contributed by atoms with van der Waals surface area (Å²) in [6.07, 6.45) is 0. The van der Waals surface area contributed by atoms with E-state index in [1.807, 2.05) is 20.8 Å². The van der Waals surface area contributed by atoms with Crippen molar-refractivity contribution in [3.63, 3.8) is 0 Å². The van der Waals surface area contributed by atoms with Gasteiger partial charge in [-0.25, -0.2) is 13.1 Å². The summed E-state index contributed by atoms with van der Waals surface area (Å²) in [4.78, 5) is 0.195. The van der Waals surface area contributed by atoms with Crippen LogP contribution in [0.5, 0.6) is 11.5 Å². The van der Waals surface area contributed by atoms with E-state index in [1.165, 1.54) is 20.3 Å². The molecule has 0 aliphatic heterocycles.